The third-order valence-electron chi connectivity index (χ3n) is 8.03. The molecule has 0 aliphatic heterocycles. The van der Waals surface area contributed by atoms with E-state index in [1.807, 2.05) is 6.33 Å². The molecule has 2 aromatic heterocycles. The molecule has 192 valence electrons. The molecule has 8 nitrogen and oxygen atoms in total. The Bertz CT molecular complexity index is 889. The maximum absolute atomic E-state index is 9.42. The van der Waals surface area contributed by atoms with Crippen molar-refractivity contribution in [1.29, 1.82) is 0 Å². The number of imidazole rings is 1. The number of nitrogens with one attached hydrogen (secondary N) is 2. The van der Waals surface area contributed by atoms with Crippen LogP contribution in [-0.2, 0) is 0 Å². The first kappa shape index (κ1) is 27.2. The van der Waals surface area contributed by atoms with Crippen molar-refractivity contribution in [1.82, 2.24) is 19.5 Å². The summed E-state index contributed by atoms with van der Waals surface area (Å²) in [5, 5.41) is 16.7. The topological polar surface area (TPSA) is 114 Å². The maximum Gasteiger partial charge on any atom is 0.227 e. The Balaban J connectivity index is 0.00000162. The van der Waals surface area contributed by atoms with Crippen molar-refractivity contribution in [2.24, 2.45) is 17.6 Å². The highest BCUT2D eigenvalue weighted by molar-refractivity contribution is 5.86. The molecule has 2 heterocycles. The number of nitrogens with zero attached hydrogens (tertiary/aromatic N) is 4. The first-order valence-electron chi connectivity index (χ1n) is 12.8. The number of rotatable bonds is 7. The van der Waals surface area contributed by atoms with E-state index in [2.05, 4.69) is 15.2 Å². The number of nitrogens with two attached hydrogens (primary N) is 1. The summed E-state index contributed by atoms with van der Waals surface area (Å²) >= 11 is 0. The highest BCUT2D eigenvalue weighted by atomic mass is 35.5. The zero-order valence-electron chi connectivity index (χ0n) is 20.0. The van der Waals surface area contributed by atoms with E-state index in [0.29, 0.717) is 42.5 Å². The fraction of sp³-hybridized carbons (Fsp3) is 0.792. The molecule has 0 spiro atoms. The van der Waals surface area contributed by atoms with Crippen molar-refractivity contribution in [2.75, 3.05) is 23.8 Å². The zero-order chi connectivity index (χ0) is 21.9. The zero-order valence-corrected chi connectivity index (χ0v) is 21.6. The lowest BCUT2D eigenvalue weighted by Gasteiger charge is -2.28. The highest BCUT2D eigenvalue weighted by Gasteiger charge is 2.25. The summed E-state index contributed by atoms with van der Waals surface area (Å²) in [7, 11) is 0. The van der Waals surface area contributed by atoms with Crippen molar-refractivity contribution < 1.29 is 5.11 Å². The number of fused-ring (bicyclic) bond motifs is 1. The lowest BCUT2D eigenvalue weighted by atomic mass is 9.82. The molecule has 0 radical (unpaired) electrons. The van der Waals surface area contributed by atoms with Gasteiger partial charge in [0.2, 0.25) is 5.95 Å². The molecule has 34 heavy (non-hydrogen) atoms. The Hall–Kier alpha value is -1.35. The summed E-state index contributed by atoms with van der Waals surface area (Å²) < 4.78 is 2.28. The molecule has 0 aromatic carbocycles. The highest BCUT2D eigenvalue weighted by Crippen LogP contribution is 2.34. The molecule has 0 unspecified atom stereocenters. The monoisotopic (exact) mass is 513 g/mol. The molecule has 5 N–H and O–H groups in total. The average molecular weight is 515 g/mol. The minimum absolute atomic E-state index is 0. The van der Waals surface area contributed by atoms with Crippen LogP contribution in [0.25, 0.3) is 11.2 Å². The van der Waals surface area contributed by atoms with Crippen LogP contribution in [0.2, 0.25) is 0 Å². The summed E-state index contributed by atoms with van der Waals surface area (Å²) in [6.45, 7) is 1.23. The number of halogens is 2. The van der Waals surface area contributed by atoms with Crippen LogP contribution in [-0.4, -0.2) is 49.9 Å². The van der Waals surface area contributed by atoms with Gasteiger partial charge in [-0.1, -0.05) is 12.8 Å². The summed E-state index contributed by atoms with van der Waals surface area (Å²) in [6, 6.07) is 1.21. The van der Waals surface area contributed by atoms with Crippen molar-refractivity contribution >= 4 is 47.7 Å². The van der Waals surface area contributed by atoms with Gasteiger partial charge in [-0.05, 0) is 76.0 Å². The Morgan fingerprint density at radius 2 is 1.59 bits per heavy atom. The van der Waals surface area contributed by atoms with Gasteiger partial charge in [0.05, 0.1) is 6.33 Å². The van der Waals surface area contributed by atoms with Gasteiger partial charge < -0.3 is 26.0 Å². The van der Waals surface area contributed by atoms with E-state index in [1.54, 1.807) is 0 Å². The van der Waals surface area contributed by atoms with E-state index in [-0.39, 0.29) is 24.8 Å². The van der Waals surface area contributed by atoms with E-state index < -0.39 is 0 Å². The van der Waals surface area contributed by atoms with Gasteiger partial charge in [-0.3, -0.25) is 0 Å². The lowest BCUT2D eigenvalue weighted by Crippen LogP contribution is -2.33. The third-order valence-corrected chi connectivity index (χ3v) is 8.03. The van der Waals surface area contributed by atoms with E-state index in [4.69, 9.17) is 20.7 Å². The smallest absolute Gasteiger partial charge is 0.227 e. The molecule has 3 aliphatic rings. The number of aliphatic hydroxyl groups excluding tert-OH is 1. The summed E-state index contributed by atoms with van der Waals surface area (Å²) in [4.78, 5) is 14.6. The molecule has 0 atom stereocenters. The van der Waals surface area contributed by atoms with Gasteiger partial charge in [-0.2, -0.15) is 9.97 Å². The molecule has 3 saturated carbocycles. The molecule has 3 fully saturated rings. The number of aromatic nitrogens is 4. The molecule has 5 rings (SSSR count). The SMILES string of the molecule is Cl.Cl.NC1CCC(Nc2nc(NCC3CCC(CO)CC3)c3ncn(C4CCCC4)c3n2)CC1. The normalized spacial score (nSPS) is 27.7. The van der Waals surface area contributed by atoms with Gasteiger partial charge in [-0.15, -0.1) is 24.8 Å². The van der Waals surface area contributed by atoms with Crippen LogP contribution in [0.5, 0.6) is 0 Å². The number of aliphatic hydroxyl groups is 1. The van der Waals surface area contributed by atoms with Gasteiger partial charge in [0.25, 0.3) is 0 Å². The second kappa shape index (κ2) is 12.6. The van der Waals surface area contributed by atoms with E-state index in [9.17, 15) is 5.11 Å². The first-order chi connectivity index (χ1) is 15.7. The van der Waals surface area contributed by atoms with Gasteiger partial charge in [-0.25, -0.2) is 4.98 Å². The number of hydrogen-bond donors (Lipinski definition) is 4. The predicted molar refractivity (Wildman–Crippen MR) is 142 cm³/mol. The second-order valence-corrected chi connectivity index (χ2v) is 10.4. The Labute approximate surface area is 215 Å². The van der Waals surface area contributed by atoms with Crippen LogP contribution >= 0.6 is 24.8 Å². The van der Waals surface area contributed by atoms with E-state index in [0.717, 1.165) is 74.9 Å². The predicted octanol–water partition coefficient (Wildman–Crippen LogP) is 4.68. The van der Waals surface area contributed by atoms with E-state index >= 15 is 0 Å². The second-order valence-electron chi connectivity index (χ2n) is 10.4. The average Bonchev–Trinajstić information content (AvgIpc) is 3.49. The Morgan fingerprint density at radius 3 is 2.26 bits per heavy atom. The first-order valence-corrected chi connectivity index (χ1v) is 12.8. The minimum atomic E-state index is 0. The van der Waals surface area contributed by atoms with Crippen LogP contribution in [0.15, 0.2) is 6.33 Å². The standard InChI is InChI=1S/C24H39N7O.2ClH/c25-18-9-11-19(12-10-18)28-24-29-22(26-13-16-5-7-17(14-32)8-6-16)21-23(30-24)31(15-27-21)20-3-1-2-4-20;;/h15-20,32H,1-14,25H2,(H2,26,28,29,30);2*1H. The number of hydrogen-bond acceptors (Lipinski definition) is 7. The van der Waals surface area contributed by atoms with Crippen LogP contribution in [0.1, 0.15) is 83.1 Å². The quantitative estimate of drug-likeness (QED) is 0.424. The Morgan fingerprint density at radius 1 is 0.912 bits per heavy atom. The van der Waals surface area contributed by atoms with Gasteiger partial charge in [0, 0.05) is 31.3 Å². The summed E-state index contributed by atoms with van der Waals surface area (Å²) in [5.41, 5.74) is 7.94. The molecular formula is C24H41Cl2N7O. The van der Waals surface area contributed by atoms with Crippen molar-refractivity contribution in [2.45, 2.75) is 95.2 Å². The lowest BCUT2D eigenvalue weighted by molar-refractivity contribution is 0.170. The largest absolute Gasteiger partial charge is 0.396 e. The molecule has 0 bridgehead atoms. The minimum Gasteiger partial charge on any atom is -0.396 e. The van der Waals surface area contributed by atoms with Gasteiger partial charge >= 0.3 is 0 Å². The van der Waals surface area contributed by atoms with E-state index in [1.165, 1.54) is 25.7 Å². The molecular weight excluding hydrogens is 473 g/mol. The fourth-order valence-corrected chi connectivity index (χ4v) is 5.86. The summed E-state index contributed by atoms with van der Waals surface area (Å²) in [6.07, 6.45) is 15.8. The van der Waals surface area contributed by atoms with Crippen molar-refractivity contribution in [3.8, 4) is 0 Å². The maximum atomic E-state index is 9.42. The molecule has 0 saturated heterocycles. The summed E-state index contributed by atoms with van der Waals surface area (Å²) in [5.74, 6) is 2.67. The van der Waals surface area contributed by atoms with Crippen molar-refractivity contribution in [3.63, 3.8) is 0 Å². The van der Waals surface area contributed by atoms with Crippen LogP contribution in [0.3, 0.4) is 0 Å². The third kappa shape index (κ3) is 6.25. The molecule has 2 aromatic rings. The van der Waals surface area contributed by atoms with Gasteiger partial charge in [0.15, 0.2) is 17.0 Å². The molecule has 0 amide bonds. The fourth-order valence-electron chi connectivity index (χ4n) is 5.86. The number of anilines is 2. The molecule has 10 heteroatoms. The van der Waals surface area contributed by atoms with Crippen molar-refractivity contribution in [3.05, 3.63) is 6.33 Å². The van der Waals surface area contributed by atoms with Crippen LogP contribution in [0.4, 0.5) is 11.8 Å². The van der Waals surface area contributed by atoms with Crippen LogP contribution < -0.4 is 16.4 Å². The van der Waals surface area contributed by atoms with Crippen LogP contribution in [0, 0.1) is 11.8 Å². The molecule has 3 aliphatic carbocycles. The Kier molecular flexibility index (Phi) is 10.1. The van der Waals surface area contributed by atoms with Gasteiger partial charge in [0.1, 0.15) is 0 Å².